The van der Waals surface area contributed by atoms with Crippen LogP contribution in [0.2, 0.25) is 0 Å². The fourth-order valence-electron chi connectivity index (χ4n) is 3.88. The predicted molar refractivity (Wildman–Crippen MR) is 53.4 cm³/mol. The lowest BCUT2D eigenvalue weighted by Crippen LogP contribution is -2.31. The molecule has 1 heterocycles. The molecule has 1 saturated carbocycles. The molecule has 0 amide bonds. The molecule has 3 unspecified atom stereocenters. The Labute approximate surface area is 80.8 Å². The van der Waals surface area contributed by atoms with Crippen molar-refractivity contribution in [3.8, 4) is 0 Å². The van der Waals surface area contributed by atoms with Gasteiger partial charge in [-0.05, 0) is 35.6 Å². The Morgan fingerprint density at radius 1 is 1.46 bits per heavy atom. The highest BCUT2D eigenvalue weighted by molar-refractivity contribution is 5.19. The summed E-state index contributed by atoms with van der Waals surface area (Å²) in [4.78, 5) is 0. The van der Waals surface area contributed by atoms with E-state index in [1.165, 1.54) is 6.42 Å². The summed E-state index contributed by atoms with van der Waals surface area (Å²) >= 11 is 0. The second-order valence-corrected chi connectivity index (χ2v) is 5.28. The summed E-state index contributed by atoms with van der Waals surface area (Å²) in [5.74, 6) is 1.41. The minimum Gasteiger partial charge on any atom is -0.381 e. The van der Waals surface area contributed by atoms with Crippen LogP contribution in [-0.2, 0) is 4.74 Å². The molecule has 1 aliphatic carbocycles. The summed E-state index contributed by atoms with van der Waals surface area (Å²) < 4.78 is 5.50. The largest absolute Gasteiger partial charge is 0.381 e. The first-order chi connectivity index (χ1) is 6.07. The van der Waals surface area contributed by atoms with Crippen LogP contribution in [0.1, 0.15) is 27.2 Å². The lowest BCUT2D eigenvalue weighted by Gasteiger charge is -2.32. The molecule has 0 bridgehead atoms. The van der Waals surface area contributed by atoms with Crippen LogP contribution >= 0.6 is 0 Å². The normalized spacial score (nSPS) is 48.0. The van der Waals surface area contributed by atoms with E-state index in [0.29, 0.717) is 16.7 Å². The van der Waals surface area contributed by atoms with Gasteiger partial charge in [-0.15, -0.1) is 0 Å². The van der Waals surface area contributed by atoms with Gasteiger partial charge >= 0.3 is 0 Å². The first-order valence-corrected chi connectivity index (χ1v) is 5.35. The van der Waals surface area contributed by atoms with Crippen molar-refractivity contribution in [3.63, 3.8) is 0 Å². The molecule has 0 aromatic rings. The maximum absolute atomic E-state index is 5.84. The van der Waals surface area contributed by atoms with E-state index >= 15 is 0 Å². The predicted octanol–water partition coefficient (Wildman–Crippen LogP) is 1.64. The van der Waals surface area contributed by atoms with Crippen molar-refractivity contribution in [3.05, 3.63) is 0 Å². The van der Waals surface area contributed by atoms with E-state index in [9.17, 15) is 0 Å². The highest BCUT2D eigenvalue weighted by Gasteiger charge is 2.71. The molecule has 76 valence electrons. The molecule has 1 spiro atoms. The zero-order valence-electron chi connectivity index (χ0n) is 8.97. The Morgan fingerprint density at radius 3 is 2.62 bits per heavy atom. The van der Waals surface area contributed by atoms with Crippen LogP contribution in [0.15, 0.2) is 0 Å². The van der Waals surface area contributed by atoms with E-state index in [1.54, 1.807) is 0 Å². The quantitative estimate of drug-likeness (QED) is 0.671. The van der Waals surface area contributed by atoms with Crippen LogP contribution in [0.25, 0.3) is 0 Å². The Kier molecular flexibility index (Phi) is 1.97. The van der Waals surface area contributed by atoms with E-state index in [0.717, 1.165) is 25.7 Å². The van der Waals surface area contributed by atoms with Gasteiger partial charge in [0.15, 0.2) is 0 Å². The van der Waals surface area contributed by atoms with Crippen molar-refractivity contribution >= 4 is 0 Å². The van der Waals surface area contributed by atoms with Crippen LogP contribution in [0.4, 0.5) is 0 Å². The number of nitrogens with two attached hydrogens (primary N) is 1. The third-order valence-electron chi connectivity index (χ3n) is 4.75. The van der Waals surface area contributed by atoms with Gasteiger partial charge < -0.3 is 10.5 Å². The Balaban J connectivity index is 2.21. The van der Waals surface area contributed by atoms with Gasteiger partial charge in [0, 0.05) is 13.2 Å². The maximum Gasteiger partial charge on any atom is 0.0497 e. The summed E-state index contributed by atoms with van der Waals surface area (Å²) in [6.07, 6.45) is 1.21. The molecule has 1 saturated heterocycles. The molecule has 0 aromatic carbocycles. The topological polar surface area (TPSA) is 35.2 Å². The lowest BCUT2D eigenvalue weighted by atomic mass is 9.79. The monoisotopic (exact) mass is 183 g/mol. The molecule has 2 fully saturated rings. The number of hydrogen-bond donors (Lipinski definition) is 1. The summed E-state index contributed by atoms with van der Waals surface area (Å²) in [5.41, 5.74) is 6.79. The van der Waals surface area contributed by atoms with Crippen LogP contribution in [0.5, 0.6) is 0 Å². The van der Waals surface area contributed by atoms with Gasteiger partial charge in [0.05, 0.1) is 0 Å². The van der Waals surface area contributed by atoms with E-state index in [-0.39, 0.29) is 0 Å². The minimum atomic E-state index is 0.449. The molecule has 2 aliphatic rings. The first kappa shape index (κ1) is 9.47. The van der Waals surface area contributed by atoms with Crippen LogP contribution < -0.4 is 5.73 Å². The molecule has 0 radical (unpaired) electrons. The van der Waals surface area contributed by atoms with Gasteiger partial charge in [0.25, 0.3) is 0 Å². The van der Waals surface area contributed by atoms with E-state index in [1.807, 2.05) is 0 Å². The summed E-state index contributed by atoms with van der Waals surface area (Å²) in [6, 6.07) is 0. The molecule has 13 heavy (non-hydrogen) atoms. The number of hydrogen-bond acceptors (Lipinski definition) is 2. The second kappa shape index (κ2) is 2.71. The second-order valence-electron chi connectivity index (χ2n) is 5.28. The average molecular weight is 183 g/mol. The van der Waals surface area contributed by atoms with Crippen molar-refractivity contribution in [2.75, 3.05) is 19.8 Å². The molecular formula is C11H21NO. The number of ether oxygens (including phenoxy) is 1. The van der Waals surface area contributed by atoms with Gasteiger partial charge in [0.1, 0.15) is 0 Å². The fraction of sp³-hybridized carbons (Fsp3) is 1.00. The smallest absolute Gasteiger partial charge is 0.0497 e. The molecule has 0 aromatic heterocycles. The zero-order chi connectivity index (χ0) is 9.69. The first-order valence-electron chi connectivity index (χ1n) is 5.35. The van der Waals surface area contributed by atoms with Gasteiger partial charge in [-0.1, -0.05) is 20.8 Å². The molecule has 3 atom stereocenters. The fourth-order valence-corrected chi connectivity index (χ4v) is 3.88. The van der Waals surface area contributed by atoms with Gasteiger partial charge in [-0.2, -0.15) is 0 Å². The Morgan fingerprint density at radius 2 is 2.15 bits per heavy atom. The number of rotatable bonds is 1. The Bertz CT molecular complexity index is 214. The van der Waals surface area contributed by atoms with Crippen molar-refractivity contribution in [2.24, 2.45) is 28.4 Å². The summed E-state index contributed by atoms with van der Waals surface area (Å²) in [7, 11) is 0. The summed E-state index contributed by atoms with van der Waals surface area (Å²) in [5, 5.41) is 0. The van der Waals surface area contributed by atoms with Crippen LogP contribution in [0.3, 0.4) is 0 Å². The van der Waals surface area contributed by atoms with E-state index in [4.69, 9.17) is 10.5 Å². The minimum absolute atomic E-state index is 0.449. The van der Waals surface area contributed by atoms with Crippen molar-refractivity contribution < 1.29 is 4.74 Å². The average Bonchev–Trinajstić information content (AvgIpc) is 2.55. The SMILES string of the molecule is CC1COCCC12C(CN)C2(C)C. The standard InChI is InChI=1S/C11H21NO/c1-8-7-13-5-4-11(8)9(6-12)10(11,2)3/h8-9H,4-7,12H2,1-3H3. The third kappa shape index (κ3) is 0.962. The summed E-state index contributed by atoms with van der Waals surface area (Å²) in [6.45, 7) is 9.76. The molecule has 1 aliphatic heterocycles. The van der Waals surface area contributed by atoms with E-state index < -0.39 is 0 Å². The molecule has 2 nitrogen and oxygen atoms in total. The van der Waals surface area contributed by atoms with Crippen LogP contribution in [-0.4, -0.2) is 19.8 Å². The lowest BCUT2D eigenvalue weighted by molar-refractivity contribution is -0.00428. The van der Waals surface area contributed by atoms with E-state index in [2.05, 4.69) is 20.8 Å². The zero-order valence-corrected chi connectivity index (χ0v) is 8.97. The molecule has 2 rings (SSSR count). The highest BCUT2D eigenvalue weighted by atomic mass is 16.5. The Hall–Kier alpha value is -0.0800. The van der Waals surface area contributed by atoms with Crippen molar-refractivity contribution in [1.29, 1.82) is 0 Å². The van der Waals surface area contributed by atoms with Crippen LogP contribution in [0, 0.1) is 22.7 Å². The third-order valence-corrected chi connectivity index (χ3v) is 4.75. The van der Waals surface area contributed by atoms with Gasteiger partial charge in [0.2, 0.25) is 0 Å². The maximum atomic E-state index is 5.84. The highest BCUT2D eigenvalue weighted by Crippen LogP contribution is 2.74. The van der Waals surface area contributed by atoms with Crippen molar-refractivity contribution in [2.45, 2.75) is 27.2 Å². The van der Waals surface area contributed by atoms with Crippen molar-refractivity contribution in [1.82, 2.24) is 0 Å². The molecular weight excluding hydrogens is 162 g/mol. The van der Waals surface area contributed by atoms with Gasteiger partial charge in [-0.25, -0.2) is 0 Å². The molecule has 2 heteroatoms. The van der Waals surface area contributed by atoms with Gasteiger partial charge in [-0.3, -0.25) is 0 Å². The molecule has 2 N–H and O–H groups in total.